The van der Waals surface area contributed by atoms with Crippen molar-refractivity contribution in [3.05, 3.63) is 18.0 Å². The van der Waals surface area contributed by atoms with E-state index in [4.69, 9.17) is 18.9 Å². The molecule has 0 aliphatic rings. The zero-order valence-corrected chi connectivity index (χ0v) is 11.7. The van der Waals surface area contributed by atoms with Gasteiger partial charge >= 0.3 is 5.97 Å². The Morgan fingerprint density at radius 2 is 2.10 bits per heavy atom. The third kappa shape index (κ3) is 4.51. The van der Waals surface area contributed by atoms with Gasteiger partial charge in [-0.05, 0) is 6.92 Å². The summed E-state index contributed by atoms with van der Waals surface area (Å²) in [6.07, 6.45) is 1.43. The van der Waals surface area contributed by atoms with E-state index < -0.39 is 5.97 Å². The fraction of sp³-hybridized carbons (Fsp3) is 0.462. The average Bonchev–Trinajstić information content (AvgIpc) is 2.44. The predicted octanol–water partition coefficient (Wildman–Crippen LogP) is 1.21. The van der Waals surface area contributed by atoms with E-state index in [2.05, 4.69) is 4.98 Å². The van der Waals surface area contributed by atoms with Crippen LogP contribution in [0.25, 0.3) is 0 Å². The van der Waals surface area contributed by atoms with E-state index in [1.54, 1.807) is 13.0 Å². The summed E-state index contributed by atoms with van der Waals surface area (Å²) in [4.78, 5) is 26.6. The maximum atomic E-state index is 11.4. The molecule has 0 amide bonds. The molecule has 0 bridgehead atoms. The molecule has 0 radical (unpaired) electrons. The Labute approximate surface area is 116 Å². The van der Waals surface area contributed by atoms with Crippen LogP contribution in [0.1, 0.15) is 24.3 Å². The van der Waals surface area contributed by atoms with Gasteiger partial charge in [-0.3, -0.25) is 4.79 Å². The Hall–Kier alpha value is -2.15. The molecule has 0 saturated heterocycles. The van der Waals surface area contributed by atoms with Gasteiger partial charge < -0.3 is 18.9 Å². The SMILES string of the molecule is CCOCC(=O)OCOc1c(OC)ccnc1C(C)=O. The third-order valence-electron chi connectivity index (χ3n) is 2.27. The molecule has 0 saturated carbocycles. The predicted molar refractivity (Wildman–Crippen MR) is 68.9 cm³/mol. The van der Waals surface area contributed by atoms with E-state index in [0.29, 0.717) is 12.4 Å². The minimum atomic E-state index is -0.556. The molecule has 7 nitrogen and oxygen atoms in total. The summed E-state index contributed by atoms with van der Waals surface area (Å²) in [6.45, 7) is 3.04. The van der Waals surface area contributed by atoms with Gasteiger partial charge in [-0.2, -0.15) is 0 Å². The smallest absolute Gasteiger partial charge is 0.334 e. The van der Waals surface area contributed by atoms with Gasteiger partial charge in [0.15, 0.2) is 23.0 Å². The Morgan fingerprint density at radius 3 is 2.70 bits per heavy atom. The molecule has 0 aliphatic carbocycles. The molecule has 110 valence electrons. The molecule has 0 unspecified atom stereocenters. The number of ether oxygens (including phenoxy) is 4. The maximum absolute atomic E-state index is 11.4. The first kappa shape index (κ1) is 15.9. The minimum Gasteiger partial charge on any atom is -0.493 e. The van der Waals surface area contributed by atoms with E-state index in [1.807, 2.05) is 0 Å². The molecule has 0 atom stereocenters. The van der Waals surface area contributed by atoms with Gasteiger partial charge in [-0.1, -0.05) is 0 Å². The number of carbonyl (C=O) groups is 2. The summed E-state index contributed by atoms with van der Waals surface area (Å²) < 4.78 is 20.0. The Kier molecular flexibility index (Phi) is 6.45. The van der Waals surface area contributed by atoms with Crippen molar-refractivity contribution < 1.29 is 28.5 Å². The van der Waals surface area contributed by atoms with Crippen molar-refractivity contribution in [2.24, 2.45) is 0 Å². The standard InChI is InChI=1S/C13H17NO6/c1-4-18-7-11(16)19-8-20-13-10(17-3)5-6-14-12(13)9(2)15/h5-6H,4,7-8H2,1-3H3. The topological polar surface area (TPSA) is 84.0 Å². The quantitative estimate of drug-likeness (QED) is 0.403. The number of aromatic nitrogens is 1. The Balaban J connectivity index is 2.67. The van der Waals surface area contributed by atoms with Crippen LogP contribution >= 0.6 is 0 Å². The summed E-state index contributed by atoms with van der Waals surface area (Å²) in [5, 5.41) is 0. The van der Waals surface area contributed by atoms with Gasteiger partial charge in [0.25, 0.3) is 0 Å². The second-order valence-corrected chi connectivity index (χ2v) is 3.66. The van der Waals surface area contributed by atoms with E-state index in [1.165, 1.54) is 20.2 Å². The highest BCUT2D eigenvalue weighted by molar-refractivity contribution is 5.95. The van der Waals surface area contributed by atoms with Crippen molar-refractivity contribution in [2.45, 2.75) is 13.8 Å². The largest absolute Gasteiger partial charge is 0.493 e. The molecule has 1 rings (SSSR count). The highest BCUT2D eigenvalue weighted by Crippen LogP contribution is 2.29. The van der Waals surface area contributed by atoms with Gasteiger partial charge in [0, 0.05) is 25.8 Å². The van der Waals surface area contributed by atoms with Crippen LogP contribution in [-0.2, 0) is 14.3 Å². The molecule has 20 heavy (non-hydrogen) atoms. The van der Waals surface area contributed by atoms with Crippen LogP contribution in [0.15, 0.2) is 12.3 Å². The third-order valence-corrected chi connectivity index (χ3v) is 2.27. The van der Waals surface area contributed by atoms with Crippen LogP contribution in [-0.4, -0.2) is 43.9 Å². The summed E-state index contributed by atoms with van der Waals surface area (Å²) in [5.74, 6) is -0.351. The first-order chi connectivity index (χ1) is 9.60. The van der Waals surface area contributed by atoms with Crippen molar-refractivity contribution in [1.29, 1.82) is 0 Å². The van der Waals surface area contributed by atoms with Gasteiger partial charge in [0.2, 0.25) is 6.79 Å². The summed E-state index contributed by atoms with van der Waals surface area (Å²) in [5.41, 5.74) is 0.116. The van der Waals surface area contributed by atoms with Gasteiger partial charge in [0.1, 0.15) is 6.61 Å². The van der Waals surface area contributed by atoms with Gasteiger partial charge in [-0.25, -0.2) is 9.78 Å². The number of methoxy groups -OCH3 is 1. The Bertz CT molecular complexity index is 474. The number of hydrogen-bond donors (Lipinski definition) is 0. The second kappa shape index (κ2) is 8.11. The fourth-order valence-electron chi connectivity index (χ4n) is 1.36. The number of esters is 1. The van der Waals surface area contributed by atoms with E-state index >= 15 is 0 Å². The molecule has 1 aromatic rings. The number of ketones is 1. The van der Waals surface area contributed by atoms with Crippen LogP contribution in [0.2, 0.25) is 0 Å². The molecule has 1 aromatic heterocycles. The Morgan fingerprint density at radius 1 is 1.35 bits per heavy atom. The summed E-state index contributed by atoms with van der Waals surface area (Å²) in [6, 6.07) is 1.55. The molecular formula is C13H17NO6. The van der Waals surface area contributed by atoms with Crippen LogP contribution in [0, 0.1) is 0 Å². The number of nitrogens with zero attached hydrogens (tertiary/aromatic N) is 1. The number of Topliss-reactive ketones (excluding diaryl/α,β-unsaturated/α-hetero) is 1. The summed E-state index contributed by atoms with van der Waals surface area (Å²) >= 11 is 0. The molecule has 0 N–H and O–H groups in total. The lowest BCUT2D eigenvalue weighted by Gasteiger charge is -2.12. The summed E-state index contributed by atoms with van der Waals surface area (Å²) in [7, 11) is 1.44. The van der Waals surface area contributed by atoms with E-state index in [9.17, 15) is 9.59 Å². The normalized spacial score (nSPS) is 9.95. The van der Waals surface area contributed by atoms with Crippen molar-refractivity contribution in [3.8, 4) is 11.5 Å². The molecular weight excluding hydrogens is 266 g/mol. The maximum Gasteiger partial charge on any atom is 0.334 e. The number of pyridine rings is 1. The van der Waals surface area contributed by atoms with Crippen LogP contribution in [0.3, 0.4) is 0 Å². The van der Waals surface area contributed by atoms with E-state index in [0.717, 1.165) is 0 Å². The van der Waals surface area contributed by atoms with Crippen molar-refractivity contribution in [1.82, 2.24) is 4.98 Å². The van der Waals surface area contributed by atoms with Crippen LogP contribution in [0.4, 0.5) is 0 Å². The number of hydrogen-bond acceptors (Lipinski definition) is 7. The fourth-order valence-corrected chi connectivity index (χ4v) is 1.36. The van der Waals surface area contributed by atoms with Gasteiger partial charge in [0.05, 0.1) is 7.11 Å². The first-order valence-corrected chi connectivity index (χ1v) is 6.00. The lowest BCUT2D eigenvalue weighted by atomic mass is 10.2. The van der Waals surface area contributed by atoms with Crippen molar-refractivity contribution >= 4 is 11.8 Å². The number of rotatable bonds is 8. The highest BCUT2D eigenvalue weighted by Gasteiger charge is 2.16. The van der Waals surface area contributed by atoms with Crippen LogP contribution in [0.5, 0.6) is 11.5 Å². The molecule has 0 aromatic carbocycles. The number of carbonyl (C=O) groups excluding carboxylic acids is 2. The lowest BCUT2D eigenvalue weighted by Crippen LogP contribution is -2.17. The van der Waals surface area contributed by atoms with E-state index in [-0.39, 0.29) is 30.6 Å². The molecule has 1 heterocycles. The van der Waals surface area contributed by atoms with Crippen molar-refractivity contribution in [3.63, 3.8) is 0 Å². The first-order valence-electron chi connectivity index (χ1n) is 6.00. The average molecular weight is 283 g/mol. The lowest BCUT2D eigenvalue weighted by molar-refractivity contribution is -0.155. The van der Waals surface area contributed by atoms with Gasteiger partial charge in [-0.15, -0.1) is 0 Å². The zero-order chi connectivity index (χ0) is 15.0. The minimum absolute atomic E-state index is 0.116. The zero-order valence-electron chi connectivity index (χ0n) is 11.7. The van der Waals surface area contributed by atoms with Crippen LogP contribution < -0.4 is 9.47 Å². The molecule has 0 spiro atoms. The highest BCUT2D eigenvalue weighted by atomic mass is 16.7. The van der Waals surface area contributed by atoms with Crippen molar-refractivity contribution in [2.75, 3.05) is 27.1 Å². The second-order valence-electron chi connectivity index (χ2n) is 3.66. The molecule has 7 heteroatoms. The monoisotopic (exact) mass is 283 g/mol. The molecule has 0 fully saturated rings. The molecule has 0 aliphatic heterocycles.